The second-order valence-corrected chi connectivity index (χ2v) is 8.87. The molecule has 0 amide bonds. The molecular formula is C12H25BrO2S. The fourth-order valence-electron chi connectivity index (χ4n) is 1.76. The van der Waals surface area contributed by atoms with Crippen molar-refractivity contribution in [2.75, 3.05) is 5.75 Å². The van der Waals surface area contributed by atoms with Gasteiger partial charge >= 0.3 is 0 Å². The largest absolute Gasteiger partial charge is 0.217 e. The molecule has 0 heterocycles. The maximum atomic E-state index is 10.8. The summed E-state index contributed by atoms with van der Waals surface area (Å²) < 4.78 is 21.6. The molecule has 0 aromatic rings. The lowest BCUT2D eigenvalue weighted by atomic mass is 10.1. The molecule has 2 nitrogen and oxygen atoms in total. The van der Waals surface area contributed by atoms with Crippen molar-refractivity contribution in [2.24, 2.45) is 0 Å². The van der Waals surface area contributed by atoms with E-state index in [4.69, 9.17) is 0 Å². The minimum atomic E-state index is -2.92. The molecule has 0 aliphatic rings. The SMILES string of the molecule is CCCCCCCCCCCCS(=O)(=O)Br. The van der Waals surface area contributed by atoms with Crippen molar-refractivity contribution in [3.05, 3.63) is 0 Å². The van der Waals surface area contributed by atoms with Crippen LogP contribution in [0.3, 0.4) is 0 Å². The lowest BCUT2D eigenvalue weighted by Crippen LogP contribution is -1.95. The Bertz CT molecular complexity index is 237. The van der Waals surface area contributed by atoms with Crippen LogP contribution in [-0.2, 0) is 8.27 Å². The highest BCUT2D eigenvalue weighted by Crippen LogP contribution is 2.11. The van der Waals surface area contributed by atoms with Crippen molar-refractivity contribution in [3.8, 4) is 0 Å². The van der Waals surface area contributed by atoms with Gasteiger partial charge in [-0.1, -0.05) is 64.7 Å². The average molecular weight is 313 g/mol. The molecule has 0 radical (unpaired) electrons. The summed E-state index contributed by atoms with van der Waals surface area (Å²) in [5, 5.41) is 0. The summed E-state index contributed by atoms with van der Waals surface area (Å²) in [6.45, 7) is 2.23. The van der Waals surface area contributed by atoms with Gasteiger partial charge in [0.1, 0.15) is 0 Å². The van der Waals surface area contributed by atoms with Crippen LogP contribution in [0, 0.1) is 0 Å². The molecule has 98 valence electrons. The van der Waals surface area contributed by atoms with Crippen LogP contribution in [-0.4, -0.2) is 14.2 Å². The van der Waals surface area contributed by atoms with Gasteiger partial charge in [0.05, 0.1) is 20.6 Å². The molecule has 0 rings (SSSR count). The molecular weight excluding hydrogens is 288 g/mol. The van der Waals surface area contributed by atoms with Crippen LogP contribution in [0.4, 0.5) is 0 Å². The van der Waals surface area contributed by atoms with E-state index in [0.717, 1.165) is 12.8 Å². The van der Waals surface area contributed by atoms with Gasteiger partial charge in [-0.15, -0.1) is 0 Å². The predicted octanol–water partition coefficient (Wildman–Crippen LogP) is 4.63. The highest BCUT2D eigenvalue weighted by molar-refractivity contribution is 9.47. The zero-order valence-electron chi connectivity index (χ0n) is 10.4. The normalized spacial score (nSPS) is 11.9. The molecule has 0 bridgehead atoms. The standard InChI is InChI=1S/C12H25BrO2S/c1-2-3-4-5-6-7-8-9-10-11-12-16(13,14)15/h2-12H2,1H3. The molecule has 0 fully saturated rings. The van der Waals surface area contributed by atoms with Crippen LogP contribution in [0.5, 0.6) is 0 Å². The summed E-state index contributed by atoms with van der Waals surface area (Å²) in [5.41, 5.74) is 0. The van der Waals surface area contributed by atoms with Gasteiger partial charge < -0.3 is 0 Å². The minimum absolute atomic E-state index is 0.281. The minimum Gasteiger partial charge on any atom is -0.217 e. The second-order valence-electron chi connectivity index (χ2n) is 4.42. The zero-order valence-corrected chi connectivity index (χ0v) is 12.8. The van der Waals surface area contributed by atoms with Crippen LogP contribution in [0.25, 0.3) is 0 Å². The number of hydrogen-bond donors (Lipinski definition) is 0. The van der Waals surface area contributed by atoms with Crippen molar-refractivity contribution in [2.45, 2.75) is 71.1 Å². The van der Waals surface area contributed by atoms with Crippen molar-refractivity contribution >= 4 is 23.1 Å². The third-order valence-corrected chi connectivity index (χ3v) is 4.49. The van der Waals surface area contributed by atoms with E-state index in [0.29, 0.717) is 0 Å². The van der Waals surface area contributed by atoms with Crippen LogP contribution < -0.4 is 0 Å². The zero-order chi connectivity index (χ0) is 12.3. The molecule has 0 aliphatic carbocycles. The summed E-state index contributed by atoms with van der Waals surface area (Å²) in [6.07, 6.45) is 12.3. The smallest absolute Gasteiger partial charge is 0.209 e. The lowest BCUT2D eigenvalue weighted by molar-refractivity contribution is 0.560. The van der Waals surface area contributed by atoms with E-state index in [1.807, 2.05) is 0 Å². The topological polar surface area (TPSA) is 34.1 Å². The first-order valence-corrected chi connectivity index (χ1v) is 9.98. The third kappa shape index (κ3) is 14.4. The van der Waals surface area contributed by atoms with E-state index in [1.54, 1.807) is 0 Å². The lowest BCUT2D eigenvalue weighted by Gasteiger charge is -2.01. The van der Waals surface area contributed by atoms with Crippen molar-refractivity contribution in [1.29, 1.82) is 0 Å². The first-order chi connectivity index (χ1) is 7.56. The summed E-state index contributed by atoms with van der Waals surface area (Å²) in [5.74, 6) is 0.281. The second kappa shape index (κ2) is 10.6. The van der Waals surface area contributed by atoms with Crippen molar-refractivity contribution in [1.82, 2.24) is 0 Å². The van der Waals surface area contributed by atoms with Crippen molar-refractivity contribution in [3.63, 3.8) is 0 Å². The van der Waals surface area contributed by atoms with Crippen LogP contribution >= 0.6 is 14.8 Å². The molecule has 0 atom stereocenters. The Morgan fingerprint density at radius 2 is 1.12 bits per heavy atom. The number of unbranched alkanes of at least 4 members (excludes halogenated alkanes) is 9. The molecule has 0 aromatic heterocycles. The van der Waals surface area contributed by atoms with Gasteiger partial charge in [-0.2, -0.15) is 0 Å². The maximum absolute atomic E-state index is 10.8. The molecule has 0 N–H and O–H groups in total. The third-order valence-electron chi connectivity index (χ3n) is 2.74. The highest BCUT2D eigenvalue weighted by Gasteiger charge is 2.02. The molecule has 0 saturated carbocycles. The van der Waals surface area contributed by atoms with Gasteiger partial charge in [-0.3, -0.25) is 0 Å². The summed E-state index contributed by atoms with van der Waals surface area (Å²) >= 11 is 2.67. The number of halogens is 1. The van der Waals surface area contributed by atoms with Gasteiger partial charge in [0.25, 0.3) is 0 Å². The Balaban J connectivity index is 3.05. The first-order valence-electron chi connectivity index (χ1n) is 6.48. The summed E-state index contributed by atoms with van der Waals surface area (Å²) in [7, 11) is -2.92. The van der Waals surface area contributed by atoms with Crippen LogP contribution in [0.15, 0.2) is 0 Å². The van der Waals surface area contributed by atoms with Crippen molar-refractivity contribution < 1.29 is 8.42 Å². The predicted molar refractivity (Wildman–Crippen MR) is 74.6 cm³/mol. The Hall–Kier alpha value is 0.430. The Morgan fingerprint density at radius 3 is 1.50 bits per heavy atom. The van der Waals surface area contributed by atoms with Gasteiger partial charge in [-0.25, -0.2) is 8.42 Å². The van der Waals surface area contributed by atoms with E-state index < -0.39 is 8.27 Å². The molecule has 16 heavy (non-hydrogen) atoms. The Kier molecular flexibility index (Phi) is 10.9. The van der Waals surface area contributed by atoms with Crippen LogP contribution in [0.2, 0.25) is 0 Å². The molecule has 0 aliphatic heterocycles. The highest BCUT2D eigenvalue weighted by atomic mass is 79.9. The number of rotatable bonds is 11. The summed E-state index contributed by atoms with van der Waals surface area (Å²) in [6, 6.07) is 0. The van der Waals surface area contributed by atoms with E-state index in [1.165, 1.54) is 51.4 Å². The maximum Gasteiger partial charge on any atom is 0.209 e. The van der Waals surface area contributed by atoms with E-state index in [2.05, 4.69) is 21.7 Å². The monoisotopic (exact) mass is 312 g/mol. The molecule has 0 saturated heterocycles. The quantitative estimate of drug-likeness (QED) is 0.411. The first kappa shape index (κ1) is 16.4. The van der Waals surface area contributed by atoms with E-state index >= 15 is 0 Å². The fourth-order valence-corrected chi connectivity index (χ4v) is 3.00. The Labute approximate surface area is 108 Å². The van der Waals surface area contributed by atoms with E-state index in [-0.39, 0.29) is 5.75 Å². The van der Waals surface area contributed by atoms with Gasteiger partial charge in [0, 0.05) is 0 Å². The number of hydrogen-bond acceptors (Lipinski definition) is 2. The van der Waals surface area contributed by atoms with Gasteiger partial charge in [-0.05, 0) is 6.42 Å². The molecule has 4 heteroatoms. The molecule has 0 aromatic carbocycles. The van der Waals surface area contributed by atoms with Gasteiger partial charge in [0.15, 0.2) is 0 Å². The Morgan fingerprint density at radius 1 is 0.750 bits per heavy atom. The fraction of sp³-hybridized carbons (Fsp3) is 1.00. The molecule has 0 unspecified atom stereocenters. The van der Waals surface area contributed by atoms with Crippen LogP contribution in [0.1, 0.15) is 71.1 Å². The average Bonchev–Trinajstić information content (AvgIpc) is 2.19. The molecule has 0 spiro atoms. The van der Waals surface area contributed by atoms with E-state index in [9.17, 15) is 8.42 Å². The summed E-state index contributed by atoms with van der Waals surface area (Å²) in [4.78, 5) is 0. The van der Waals surface area contributed by atoms with Gasteiger partial charge in [0.2, 0.25) is 8.27 Å².